The monoisotopic (exact) mass is 268 g/mol. The maximum atomic E-state index is 5.56. The van der Waals surface area contributed by atoms with E-state index < -0.39 is 0 Å². The Balaban J connectivity index is 2.58. The first-order valence-electron chi connectivity index (χ1n) is 7.14. The molecule has 4 nitrogen and oxygen atoms in total. The van der Waals surface area contributed by atoms with Crippen molar-refractivity contribution in [3.05, 3.63) is 23.7 Å². The van der Waals surface area contributed by atoms with Crippen LogP contribution < -0.4 is 5.32 Å². The summed E-state index contributed by atoms with van der Waals surface area (Å²) in [7, 11) is 1.75. The fraction of sp³-hybridized carbons (Fsp3) is 0.733. The van der Waals surface area contributed by atoms with Crippen molar-refractivity contribution >= 4 is 0 Å². The van der Waals surface area contributed by atoms with Gasteiger partial charge in [0.15, 0.2) is 0 Å². The lowest BCUT2D eigenvalue weighted by Crippen LogP contribution is -2.31. The molecule has 4 heteroatoms. The van der Waals surface area contributed by atoms with E-state index in [1.165, 1.54) is 5.56 Å². The fourth-order valence-corrected chi connectivity index (χ4v) is 2.11. The first-order valence-corrected chi connectivity index (χ1v) is 7.14. The molecule has 0 fully saturated rings. The van der Waals surface area contributed by atoms with Crippen LogP contribution in [0.15, 0.2) is 16.7 Å². The van der Waals surface area contributed by atoms with E-state index in [0.717, 1.165) is 45.1 Å². The zero-order valence-corrected chi connectivity index (χ0v) is 12.7. The van der Waals surface area contributed by atoms with E-state index in [4.69, 9.17) is 9.15 Å². The first kappa shape index (κ1) is 16.2. The Morgan fingerprint density at radius 2 is 2.21 bits per heavy atom. The van der Waals surface area contributed by atoms with E-state index in [2.05, 4.69) is 37.1 Å². The van der Waals surface area contributed by atoms with E-state index in [0.29, 0.717) is 5.92 Å². The standard InChI is InChI=1S/C15H28N2O2/c1-5-16-10-15-14(6-8-19-15)12-17(7-9-18-4)11-13(2)3/h6,8,13,16H,5,7,9-12H2,1-4H3. The molecule has 0 aliphatic carbocycles. The van der Waals surface area contributed by atoms with Crippen molar-refractivity contribution in [2.24, 2.45) is 5.92 Å². The lowest BCUT2D eigenvalue weighted by Gasteiger charge is -2.23. The molecule has 0 aliphatic heterocycles. The molecule has 0 bridgehead atoms. The van der Waals surface area contributed by atoms with E-state index >= 15 is 0 Å². The van der Waals surface area contributed by atoms with Crippen molar-refractivity contribution in [2.45, 2.75) is 33.9 Å². The maximum Gasteiger partial charge on any atom is 0.122 e. The van der Waals surface area contributed by atoms with Crippen molar-refractivity contribution in [1.29, 1.82) is 0 Å². The number of nitrogens with one attached hydrogen (secondary N) is 1. The molecular weight excluding hydrogens is 240 g/mol. The van der Waals surface area contributed by atoms with Crippen LogP contribution in [0.5, 0.6) is 0 Å². The second kappa shape index (κ2) is 9.13. The molecule has 0 atom stereocenters. The van der Waals surface area contributed by atoms with Crippen LogP contribution in [0.4, 0.5) is 0 Å². The van der Waals surface area contributed by atoms with Gasteiger partial charge >= 0.3 is 0 Å². The quantitative estimate of drug-likeness (QED) is 0.707. The molecule has 1 N–H and O–H groups in total. The molecule has 0 saturated heterocycles. The van der Waals surface area contributed by atoms with Gasteiger partial charge in [0, 0.05) is 32.3 Å². The second-order valence-corrected chi connectivity index (χ2v) is 5.27. The molecule has 1 aromatic rings. The lowest BCUT2D eigenvalue weighted by molar-refractivity contribution is 0.135. The van der Waals surface area contributed by atoms with Gasteiger partial charge < -0.3 is 14.5 Å². The van der Waals surface area contributed by atoms with Crippen LogP contribution in [-0.4, -0.2) is 38.3 Å². The van der Waals surface area contributed by atoms with Crippen molar-refractivity contribution < 1.29 is 9.15 Å². The number of methoxy groups -OCH3 is 1. The molecule has 1 rings (SSSR count). The summed E-state index contributed by atoms with van der Waals surface area (Å²) in [6.07, 6.45) is 1.78. The predicted octanol–water partition coefficient (Wildman–Crippen LogP) is 2.49. The summed E-state index contributed by atoms with van der Waals surface area (Å²) >= 11 is 0. The molecule has 0 aliphatic rings. The summed E-state index contributed by atoms with van der Waals surface area (Å²) in [6.45, 7) is 12.1. The molecular formula is C15H28N2O2. The Morgan fingerprint density at radius 1 is 1.42 bits per heavy atom. The smallest absolute Gasteiger partial charge is 0.122 e. The number of ether oxygens (including phenoxy) is 1. The van der Waals surface area contributed by atoms with Gasteiger partial charge in [-0.05, 0) is 18.5 Å². The van der Waals surface area contributed by atoms with Gasteiger partial charge in [0.1, 0.15) is 5.76 Å². The highest BCUT2D eigenvalue weighted by atomic mass is 16.5. The SMILES string of the molecule is CCNCc1occc1CN(CCOC)CC(C)C. The van der Waals surface area contributed by atoms with Crippen LogP contribution in [0.1, 0.15) is 32.1 Å². The van der Waals surface area contributed by atoms with Gasteiger partial charge in [-0.15, -0.1) is 0 Å². The molecule has 0 radical (unpaired) electrons. The topological polar surface area (TPSA) is 37.6 Å². The molecule has 1 heterocycles. The maximum absolute atomic E-state index is 5.56. The highest BCUT2D eigenvalue weighted by Crippen LogP contribution is 2.14. The molecule has 0 spiro atoms. The molecule has 1 aromatic heterocycles. The van der Waals surface area contributed by atoms with Gasteiger partial charge in [0.05, 0.1) is 19.4 Å². The van der Waals surface area contributed by atoms with Gasteiger partial charge in [-0.2, -0.15) is 0 Å². The van der Waals surface area contributed by atoms with Crippen LogP contribution in [0.2, 0.25) is 0 Å². The van der Waals surface area contributed by atoms with Crippen molar-refractivity contribution in [3.63, 3.8) is 0 Å². The molecule has 0 unspecified atom stereocenters. The first-order chi connectivity index (χ1) is 9.17. The van der Waals surface area contributed by atoms with Crippen LogP contribution >= 0.6 is 0 Å². The average molecular weight is 268 g/mol. The molecule has 110 valence electrons. The number of furan rings is 1. The Kier molecular flexibility index (Phi) is 7.79. The third kappa shape index (κ3) is 6.23. The summed E-state index contributed by atoms with van der Waals surface area (Å²) in [5.74, 6) is 1.70. The van der Waals surface area contributed by atoms with Gasteiger partial charge in [-0.3, -0.25) is 4.90 Å². The second-order valence-electron chi connectivity index (χ2n) is 5.27. The Hall–Kier alpha value is -0.840. The largest absolute Gasteiger partial charge is 0.468 e. The van der Waals surface area contributed by atoms with Crippen molar-refractivity contribution in [3.8, 4) is 0 Å². The Labute approximate surface area is 117 Å². The minimum atomic E-state index is 0.654. The molecule has 19 heavy (non-hydrogen) atoms. The highest BCUT2D eigenvalue weighted by molar-refractivity contribution is 5.16. The average Bonchev–Trinajstić information content (AvgIpc) is 2.80. The Morgan fingerprint density at radius 3 is 2.84 bits per heavy atom. The van der Waals surface area contributed by atoms with Crippen LogP contribution in [0, 0.1) is 5.92 Å². The van der Waals surface area contributed by atoms with E-state index in [1.807, 2.05) is 0 Å². The van der Waals surface area contributed by atoms with Gasteiger partial charge in [0.25, 0.3) is 0 Å². The summed E-state index contributed by atoms with van der Waals surface area (Å²) in [4.78, 5) is 2.43. The summed E-state index contributed by atoms with van der Waals surface area (Å²) in [5, 5.41) is 3.31. The lowest BCUT2D eigenvalue weighted by atomic mass is 10.1. The number of hydrogen-bond donors (Lipinski definition) is 1. The predicted molar refractivity (Wildman–Crippen MR) is 78.1 cm³/mol. The van der Waals surface area contributed by atoms with Gasteiger partial charge in [0.2, 0.25) is 0 Å². The van der Waals surface area contributed by atoms with E-state index in [-0.39, 0.29) is 0 Å². The number of hydrogen-bond acceptors (Lipinski definition) is 4. The summed E-state index contributed by atoms with van der Waals surface area (Å²) in [5.41, 5.74) is 1.28. The third-order valence-electron chi connectivity index (χ3n) is 3.00. The van der Waals surface area contributed by atoms with E-state index in [9.17, 15) is 0 Å². The summed E-state index contributed by atoms with van der Waals surface area (Å²) in [6, 6.07) is 2.08. The van der Waals surface area contributed by atoms with Crippen LogP contribution in [0.25, 0.3) is 0 Å². The van der Waals surface area contributed by atoms with E-state index in [1.54, 1.807) is 13.4 Å². The van der Waals surface area contributed by atoms with Crippen molar-refractivity contribution in [1.82, 2.24) is 10.2 Å². The zero-order chi connectivity index (χ0) is 14.1. The van der Waals surface area contributed by atoms with Crippen LogP contribution in [-0.2, 0) is 17.8 Å². The van der Waals surface area contributed by atoms with Crippen molar-refractivity contribution in [2.75, 3.05) is 33.4 Å². The minimum Gasteiger partial charge on any atom is -0.468 e. The third-order valence-corrected chi connectivity index (χ3v) is 3.00. The fourth-order valence-electron chi connectivity index (χ4n) is 2.11. The highest BCUT2D eigenvalue weighted by Gasteiger charge is 2.12. The number of nitrogens with zero attached hydrogens (tertiary/aromatic N) is 1. The van der Waals surface area contributed by atoms with Crippen LogP contribution in [0.3, 0.4) is 0 Å². The molecule has 0 aromatic carbocycles. The van der Waals surface area contributed by atoms with Gasteiger partial charge in [-0.1, -0.05) is 20.8 Å². The summed E-state index contributed by atoms with van der Waals surface area (Å²) < 4.78 is 10.7. The zero-order valence-electron chi connectivity index (χ0n) is 12.7. The number of rotatable bonds is 10. The normalized spacial score (nSPS) is 11.7. The minimum absolute atomic E-state index is 0.654. The molecule has 0 saturated carbocycles. The van der Waals surface area contributed by atoms with Gasteiger partial charge in [-0.25, -0.2) is 0 Å². The Bertz CT molecular complexity index is 337. The molecule has 0 amide bonds.